The van der Waals surface area contributed by atoms with Crippen molar-refractivity contribution >= 4 is 5.97 Å². The molecule has 1 fully saturated rings. The lowest BCUT2D eigenvalue weighted by molar-refractivity contribution is -0.153. The number of carbonyl (C=O) groups is 1. The van der Waals surface area contributed by atoms with Crippen molar-refractivity contribution in [1.29, 1.82) is 0 Å². The fourth-order valence-corrected chi connectivity index (χ4v) is 2.71. The van der Waals surface area contributed by atoms with Crippen molar-refractivity contribution in [3.05, 3.63) is 29.8 Å². The van der Waals surface area contributed by atoms with Crippen LogP contribution in [0.25, 0.3) is 0 Å². The Morgan fingerprint density at radius 2 is 1.90 bits per heavy atom. The molecule has 2 rings (SSSR count). The summed E-state index contributed by atoms with van der Waals surface area (Å²) < 4.78 is 5.53. The van der Waals surface area contributed by atoms with Gasteiger partial charge in [0.2, 0.25) is 0 Å². The summed E-state index contributed by atoms with van der Waals surface area (Å²) in [6, 6.07) is 6.08. The molecule has 0 bridgehead atoms. The van der Waals surface area contributed by atoms with Crippen LogP contribution < -0.4 is 5.73 Å². The third-order valence-electron chi connectivity index (χ3n) is 4.26. The van der Waals surface area contributed by atoms with Gasteiger partial charge in [0.05, 0.1) is 0 Å². The van der Waals surface area contributed by atoms with Gasteiger partial charge >= 0.3 is 5.97 Å². The van der Waals surface area contributed by atoms with Gasteiger partial charge in [-0.2, -0.15) is 0 Å². The van der Waals surface area contributed by atoms with Crippen LogP contribution in [-0.2, 0) is 16.0 Å². The fourth-order valence-electron chi connectivity index (χ4n) is 2.71. The molecule has 0 unspecified atom stereocenters. The van der Waals surface area contributed by atoms with Crippen molar-refractivity contribution < 1.29 is 14.6 Å². The Morgan fingerprint density at radius 3 is 2.48 bits per heavy atom. The number of esters is 1. The molecule has 116 valence electrons. The number of rotatable bonds is 4. The SMILES string of the molecule is CC1(C)CCC(OC(=O)[C@@H](N)Cc2ccc(O)cc2)CC1. The van der Waals surface area contributed by atoms with Gasteiger partial charge in [-0.25, -0.2) is 0 Å². The lowest BCUT2D eigenvalue weighted by Crippen LogP contribution is -2.38. The van der Waals surface area contributed by atoms with Crippen molar-refractivity contribution in [2.75, 3.05) is 0 Å². The average Bonchev–Trinajstić information content (AvgIpc) is 2.43. The van der Waals surface area contributed by atoms with Gasteiger partial charge in [-0.3, -0.25) is 4.79 Å². The summed E-state index contributed by atoms with van der Waals surface area (Å²) in [6.45, 7) is 4.50. The van der Waals surface area contributed by atoms with Crippen molar-refractivity contribution in [2.24, 2.45) is 11.1 Å². The number of nitrogens with two attached hydrogens (primary N) is 1. The number of ether oxygens (including phenoxy) is 1. The third-order valence-corrected chi connectivity index (χ3v) is 4.26. The minimum atomic E-state index is -0.649. The number of aromatic hydroxyl groups is 1. The lowest BCUT2D eigenvalue weighted by Gasteiger charge is -2.34. The van der Waals surface area contributed by atoms with Crippen molar-refractivity contribution in [2.45, 2.75) is 58.1 Å². The Morgan fingerprint density at radius 1 is 1.33 bits per heavy atom. The third kappa shape index (κ3) is 4.74. The van der Waals surface area contributed by atoms with Gasteiger partial charge in [0.25, 0.3) is 0 Å². The first-order chi connectivity index (χ1) is 9.85. The molecule has 1 aromatic rings. The number of benzene rings is 1. The van der Waals surface area contributed by atoms with Gasteiger partial charge in [-0.05, 0) is 55.2 Å². The van der Waals surface area contributed by atoms with E-state index in [1.807, 2.05) is 0 Å². The van der Waals surface area contributed by atoms with Crippen LogP contribution in [0, 0.1) is 5.41 Å². The summed E-state index contributed by atoms with van der Waals surface area (Å²) in [5, 5.41) is 9.24. The van der Waals surface area contributed by atoms with E-state index in [1.54, 1.807) is 24.3 Å². The normalized spacial score (nSPS) is 20.0. The summed E-state index contributed by atoms with van der Waals surface area (Å²) >= 11 is 0. The highest BCUT2D eigenvalue weighted by Crippen LogP contribution is 2.36. The Bertz CT molecular complexity index is 471. The first-order valence-electron chi connectivity index (χ1n) is 7.60. The topological polar surface area (TPSA) is 72.5 Å². The van der Waals surface area contributed by atoms with Gasteiger partial charge < -0.3 is 15.6 Å². The number of phenolic OH excluding ortho intramolecular Hbond substituents is 1. The minimum Gasteiger partial charge on any atom is -0.508 e. The molecule has 1 aromatic carbocycles. The zero-order valence-corrected chi connectivity index (χ0v) is 12.8. The number of hydrogen-bond donors (Lipinski definition) is 2. The molecule has 1 atom stereocenters. The van der Waals surface area contributed by atoms with Crippen molar-refractivity contribution in [3.8, 4) is 5.75 Å². The number of carbonyl (C=O) groups excluding carboxylic acids is 1. The first-order valence-corrected chi connectivity index (χ1v) is 7.60. The molecule has 0 radical (unpaired) electrons. The zero-order valence-electron chi connectivity index (χ0n) is 12.8. The molecule has 4 heteroatoms. The summed E-state index contributed by atoms with van der Waals surface area (Å²) in [7, 11) is 0. The average molecular weight is 291 g/mol. The minimum absolute atomic E-state index is 0.0105. The van der Waals surface area contributed by atoms with Crippen LogP contribution in [0.1, 0.15) is 45.1 Å². The van der Waals surface area contributed by atoms with Gasteiger partial charge in [0.1, 0.15) is 17.9 Å². The van der Waals surface area contributed by atoms with E-state index in [1.165, 1.54) is 0 Å². The number of hydrogen-bond acceptors (Lipinski definition) is 4. The Kier molecular flexibility index (Phi) is 4.88. The summed E-state index contributed by atoms with van der Waals surface area (Å²) in [4.78, 5) is 12.0. The highest BCUT2D eigenvalue weighted by molar-refractivity contribution is 5.76. The molecule has 1 aliphatic rings. The molecule has 1 aliphatic carbocycles. The smallest absolute Gasteiger partial charge is 0.323 e. The van der Waals surface area contributed by atoms with Crippen LogP contribution in [0.15, 0.2) is 24.3 Å². The second-order valence-electron chi connectivity index (χ2n) is 6.78. The maximum absolute atomic E-state index is 12.0. The van der Waals surface area contributed by atoms with Gasteiger partial charge in [-0.15, -0.1) is 0 Å². The van der Waals surface area contributed by atoms with Crippen molar-refractivity contribution in [1.82, 2.24) is 0 Å². The highest BCUT2D eigenvalue weighted by atomic mass is 16.5. The lowest BCUT2D eigenvalue weighted by atomic mass is 9.76. The van der Waals surface area contributed by atoms with E-state index in [-0.39, 0.29) is 17.8 Å². The van der Waals surface area contributed by atoms with Crippen LogP contribution in [0.3, 0.4) is 0 Å². The monoisotopic (exact) mass is 291 g/mol. The molecule has 0 aliphatic heterocycles. The Hall–Kier alpha value is -1.55. The van der Waals surface area contributed by atoms with Crippen LogP contribution in [-0.4, -0.2) is 23.2 Å². The van der Waals surface area contributed by atoms with E-state index in [2.05, 4.69) is 13.8 Å². The molecule has 1 saturated carbocycles. The van der Waals surface area contributed by atoms with E-state index < -0.39 is 6.04 Å². The zero-order chi connectivity index (χ0) is 15.5. The van der Waals surface area contributed by atoms with Gasteiger partial charge in [-0.1, -0.05) is 26.0 Å². The molecule has 0 aromatic heterocycles. The molecule has 0 spiro atoms. The predicted molar refractivity (Wildman–Crippen MR) is 81.9 cm³/mol. The Labute approximate surface area is 126 Å². The molecule has 4 nitrogen and oxygen atoms in total. The van der Waals surface area contributed by atoms with Crippen LogP contribution in [0.4, 0.5) is 0 Å². The van der Waals surface area contributed by atoms with Gasteiger partial charge in [0.15, 0.2) is 0 Å². The summed E-state index contributed by atoms with van der Waals surface area (Å²) in [5.41, 5.74) is 7.20. The second kappa shape index (κ2) is 6.48. The standard InChI is InChI=1S/C17H25NO3/c1-17(2)9-7-14(8-10-17)21-16(20)15(18)11-12-3-5-13(19)6-4-12/h3-6,14-15,19H,7-11,18H2,1-2H3/t15-/m0/s1. The highest BCUT2D eigenvalue weighted by Gasteiger charge is 2.29. The molecule has 0 saturated heterocycles. The van der Waals surface area contributed by atoms with E-state index in [4.69, 9.17) is 10.5 Å². The molecular weight excluding hydrogens is 266 g/mol. The molecule has 0 heterocycles. The summed E-state index contributed by atoms with van der Waals surface area (Å²) in [6.07, 6.45) is 4.44. The fraction of sp³-hybridized carbons (Fsp3) is 0.588. The van der Waals surface area contributed by atoms with Crippen LogP contribution in [0.2, 0.25) is 0 Å². The molecular formula is C17H25NO3. The summed E-state index contributed by atoms with van der Waals surface area (Å²) in [5.74, 6) is -0.118. The molecule has 0 amide bonds. The quantitative estimate of drug-likeness (QED) is 0.837. The first kappa shape index (κ1) is 15.8. The molecule has 21 heavy (non-hydrogen) atoms. The largest absolute Gasteiger partial charge is 0.508 e. The van der Waals surface area contributed by atoms with Crippen molar-refractivity contribution in [3.63, 3.8) is 0 Å². The van der Waals surface area contributed by atoms with Crippen LogP contribution >= 0.6 is 0 Å². The maximum Gasteiger partial charge on any atom is 0.323 e. The maximum atomic E-state index is 12.0. The van der Waals surface area contributed by atoms with Crippen LogP contribution in [0.5, 0.6) is 5.75 Å². The van der Waals surface area contributed by atoms with E-state index >= 15 is 0 Å². The predicted octanol–water partition coefficient (Wildman–Crippen LogP) is 2.77. The van der Waals surface area contributed by atoms with E-state index in [9.17, 15) is 9.90 Å². The van der Waals surface area contributed by atoms with E-state index in [0.29, 0.717) is 11.8 Å². The number of phenols is 1. The van der Waals surface area contributed by atoms with Gasteiger partial charge in [0, 0.05) is 0 Å². The second-order valence-corrected chi connectivity index (χ2v) is 6.78. The Balaban J connectivity index is 1.81. The molecule has 3 N–H and O–H groups in total. The van der Waals surface area contributed by atoms with E-state index in [0.717, 1.165) is 31.2 Å².